The van der Waals surface area contributed by atoms with Gasteiger partial charge in [-0.05, 0) is 61.1 Å². The van der Waals surface area contributed by atoms with Crippen LogP contribution in [-0.2, 0) is 24.1 Å². The van der Waals surface area contributed by atoms with Gasteiger partial charge in [0.25, 0.3) is 0 Å². The fourth-order valence-corrected chi connectivity index (χ4v) is 4.86. The van der Waals surface area contributed by atoms with Crippen LogP contribution in [-0.4, -0.2) is 24.8 Å². The van der Waals surface area contributed by atoms with Crippen LogP contribution >= 0.6 is 0 Å². The Morgan fingerprint density at radius 3 is 2.24 bits per heavy atom. The van der Waals surface area contributed by atoms with Gasteiger partial charge in [0.2, 0.25) is 0 Å². The van der Waals surface area contributed by atoms with Crippen molar-refractivity contribution < 1.29 is 18.7 Å². The number of hydrogen-bond donors (Lipinski definition) is 1. The first-order chi connectivity index (χ1) is 16.6. The minimum Gasteiger partial charge on any atom is -0.755 e. The van der Waals surface area contributed by atoms with E-state index in [0.29, 0.717) is 35.3 Å². The number of aromatic nitrogens is 1. The van der Waals surface area contributed by atoms with Crippen molar-refractivity contribution in [2.75, 3.05) is 4.31 Å². The minimum atomic E-state index is -2.52. The summed E-state index contributed by atoms with van der Waals surface area (Å²) in [6.07, 6.45) is 5.69. The number of carboxylic acids is 1. The highest BCUT2D eigenvalue weighted by molar-refractivity contribution is 7.81. The molecular formula is C27H25N2O4S-. The van der Waals surface area contributed by atoms with E-state index in [1.54, 1.807) is 24.4 Å². The normalized spacial score (nSPS) is 11.9. The van der Waals surface area contributed by atoms with Gasteiger partial charge in [-0.25, -0.2) is 4.79 Å². The number of carbonyl (C=O) groups is 1. The Kier molecular flexibility index (Phi) is 7.67. The van der Waals surface area contributed by atoms with E-state index in [-0.39, 0.29) is 0 Å². The summed E-state index contributed by atoms with van der Waals surface area (Å²) in [6, 6.07) is 23.8. The molecule has 174 valence electrons. The largest absolute Gasteiger partial charge is 0.755 e. The van der Waals surface area contributed by atoms with Gasteiger partial charge in [0.05, 0.1) is 33.7 Å². The molecule has 0 aliphatic carbocycles. The summed E-state index contributed by atoms with van der Waals surface area (Å²) in [5.74, 6) is -0.904. The highest BCUT2D eigenvalue weighted by Gasteiger charge is 2.17. The van der Waals surface area contributed by atoms with E-state index in [0.717, 1.165) is 35.8 Å². The summed E-state index contributed by atoms with van der Waals surface area (Å²) in [7, 11) is 0. The second-order valence-corrected chi connectivity index (χ2v) is 8.81. The van der Waals surface area contributed by atoms with Crippen molar-refractivity contribution in [2.45, 2.75) is 32.1 Å². The average molecular weight is 474 g/mol. The average Bonchev–Trinajstić information content (AvgIpc) is 2.85. The highest BCUT2D eigenvalue weighted by atomic mass is 32.2. The topological polar surface area (TPSA) is 93.6 Å². The van der Waals surface area contributed by atoms with Gasteiger partial charge in [-0.1, -0.05) is 61.0 Å². The maximum Gasteiger partial charge on any atom is 0.335 e. The molecular weight excluding hydrogens is 448 g/mol. The van der Waals surface area contributed by atoms with Crippen LogP contribution in [0.3, 0.4) is 0 Å². The molecule has 4 aromatic rings. The maximum absolute atomic E-state index is 12.4. The monoisotopic (exact) mass is 473 g/mol. The van der Waals surface area contributed by atoms with Gasteiger partial charge in [0.15, 0.2) is 0 Å². The molecule has 1 aromatic heterocycles. The molecule has 6 nitrogen and oxygen atoms in total. The molecule has 34 heavy (non-hydrogen) atoms. The predicted molar refractivity (Wildman–Crippen MR) is 134 cm³/mol. The third kappa shape index (κ3) is 5.32. The quantitative estimate of drug-likeness (QED) is 0.231. The smallest absolute Gasteiger partial charge is 0.335 e. The van der Waals surface area contributed by atoms with E-state index < -0.39 is 17.2 Å². The number of unbranched alkanes of at least 4 members (excludes halogenated alkanes) is 2. The molecule has 0 radical (unpaired) electrons. The molecule has 0 bridgehead atoms. The number of aryl methyl sites for hydroxylation is 2. The Balaban J connectivity index is 1.49. The Bertz CT molecular complexity index is 1320. The fraction of sp³-hybridized carbons (Fsp3) is 0.185. The third-order valence-electron chi connectivity index (χ3n) is 5.83. The number of benzene rings is 3. The molecule has 1 N–H and O–H groups in total. The van der Waals surface area contributed by atoms with Crippen molar-refractivity contribution in [1.82, 2.24) is 4.98 Å². The zero-order chi connectivity index (χ0) is 23.9. The lowest BCUT2D eigenvalue weighted by Gasteiger charge is -2.29. The molecule has 0 fully saturated rings. The van der Waals surface area contributed by atoms with Crippen molar-refractivity contribution in [2.24, 2.45) is 0 Å². The number of anilines is 2. The van der Waals surface area contributed by atoms with E-state index in [1.807, 2.05) is 60.7 Å². The highest BCUT2D eigenvalue weighted by Crippen LogP contribution is 2.34. The zero-order valence-electron chi connectivity index (χ0n) is 18.6. The second kappa shape index (κ2) is 11.0. The summed E-state index contributed by atoms with van der Waals surface area (Å²) in [6.45, 7) is 0. The van der Waals surface area contributed by atoms with Crippen LogP contribution in [0.1, 0.15) is 40.7 Å². The molecule has 4 rings (SSSR count). The molecule has 0 aliphatic heterocycles. The van der Waals surface area contributed by atoms with Crippen molar-refractivity contribution >= 4 is 39.5 Å². The van der Waals surface area contributed by atoms with Gasteiger partial charge in [-0.3, -0.25) is 13.5 Å². The van der Waals surface area contributed by atoms with E-state index in [9.17, 15) is 18.7 Å². The number of nitrogens with zero attached hydrogens (tertiary/aromatic N) is 2. The molecule has 0 spiro atoms. The summed E-state index contributed by atoms with van der Waals surface area (Å²) >= 11 is -2.52. The molecule has 0 saturated heterocycles. The number of hydrogen-bond acceptors (Lipinski definition) is 4. The molecule has 3 aromatic carbocycles. The van der Waals surface area contributed by atoms with Crippen molar-refractivity contribution in [3.8, 4) is 0 Å². The van der Waals surface area contributed by atoms with Gasteiger partial charge >= 0.3 is 5.97 Å². The summed E-state index contributed by atoms with van der Waals surface area (Å²) < 4.78 is 26.0. The fourth-order valence-electron chi connectivity index (χ4n) is 4.22. The molecule has 1 unspecified atom stereocenters. The van der Waals surface area contributed by atoms with Crippen LogP contribution in [0.25, 0.3) is 10.9 Å². The number of aromatic carboxylic acids is 1. The van der Waals surface area contributed by atoms with Crippen LogP contribution in [0.2, 0.25) is 0 Å². The number of rotatable bonds is 10. The standard InChI is InChI=1S/C27H26N2O4S/c30-27(31)23-16-6-4-11-20(23)10-2-1-3-12-21-13-5-7-17-24(21)29(34(32)33)25-18-8-14-22-15-9-19-28-26(22)25/h4-9,11,13-19H,1-3,10,12H2,(H,30,31)(H,32,33)/p-1. The molecule has 0 aliphatic rings. The first-order valence-electron chi connectivity index (χ1n) is 11.2. The lowest BCUT2D eigenvalue weighted by molar-refractivity contribution is 0.0695. The Morgan fingerprint density at radius 1 is 0.824 bits per heavy atom. The minimum absolute atomic E-state index is 0.352. The van der Waals surface area contributed by atoms with Crippen LogP contribution in [0.5, 0.6) is 0 Å². The Morgan fingerprint density at radius 2 is 1.47 bits per heavy atom. The maximum atomic E-state index is 12.4. The van der Waals surface area contributed by atoms with E-state index in [4.69, 9.17) is 0 Å². The van der Waals surface area contributed by atoms with E-state index in [2.05, 4.69) is 4.98 Å². The van der Waals surface area contributed by atoms with E-state index in [1.165, 1.54) is 4.31 Å². The molecule has 1 atom stereocenters. The van der Waals surface area contributed by atoms with E-state index >= 15 is 0 Å². The van der Waals surface area contributed by atoms with Crippen LogP contribution < -0.4 is 4.31 Å². The van der Waals surface area contributed by atoms with Gasteiger partial charge < -0.3 is 9.66 Å². The molecule has 1 heterocycles. The lowest BCUT2D eigenvalue weighted by Crippen LogP contribution is -2.21. The Hall–Kier alpha value is -3.55. The first kappa shape index (κ1) is 23.6. The van der Waals surface area contributed by atoms with Crippen molar-refractivity contribution in [1.29, 1.82) is 0 Å². The first-order valence-corrected chi connectivity index (χ1v) is 12.2. The summed E-state index contributed by atoms with van der Waals surface area (Å²) in [5.41, 5.74) is 3.89. The van der Waals surface area contributed by atoms with Gasteiger partial charge in [0, 0.05) is 11.6 Å². The van der Waals surface area contributed by atoms with Crippen molar-refractivity contribution in [3.63, 3.8) is 0 Å². The predicted octanol–water partition coefficient (Wildman–Crippen LogP) is 5.82. The number of pyridine rings is 1. The van der Waals surface area contributed by atoms with Crippen molar-refractivity contribution in [3.05, 3.63) is 102 Å². The van der Waals surface area contributed by atoms with Crippen LogP contribution in [0, 0.1) is 0 Å². The Labute approximate surface area is 201 Å². The summed E-state index contributed by atoms with van der Waals surface area (Å²) in [4.78, 5) is 15.8. The van der Waals surface area contributed by atoms with Crippen LogP contribution in [0.15, 0.2) is 85.1 Å². The molecule has 0 saturated carbocycles. The second-order valence-electron chi connectivity index (χ2n) is 8.02. The molecule has 7 heteroatoms. The zero-order valence-corrected chi connectivity index (χ0v) is 19.4. The van der Waals surface area contributed by atoms with Gasteiger partial charge in [-0.15, -0.1) is 0 Å². The number of carboxylic acid groups (broad SMARTS) is 1. The molecule has 0 amide bonds. The lowest BCUT2D eigenvalue weighted by atomic mass is 9.99. The van der Waals surface area contributed by atoms with Gasteiger partial charge in [0.1, 0.15) is 0 Å². The summed E-state index contributed by atoms with van der Waals surface area (Å²) in [5, 5.41) is 10.2. The van der Waals surface area contributed by atoms with Crippen LogP contribution in [0.4, 0.5) is 11.4 Å². The van der Waals surface area contributed by atoms with Gasteiger partial charge in [-0.2, -0.15) is 0 Å². The SMILES string of the molecule is O=C(O)c1ccccc1CCCCCc1ccccc1N(c1cccc2cccnc12)S(=O)[O-]. The third-order valence-corrected chi connectivity index (χ3v) is 6.52. The number of para-hydroxylation sites is 2. The number of fused-ring (bicyclic) bond motifs is 1.